The first-order chi connectivity index (χ1) is 8.72. The van der Waals surface area contributed by atoms with Crippen LogP contribution >= 0.6 is 0 Å². The van der Waals surface area contributed by atoms with E-state index in [0.29, 0.717) is 5.69 Å². The van der Waals surface area contributed by atoms with Gasteiger partial charge in [0.2, 0.25) is 0 Å². The van der Waals surface area contributed by atoms with Crippen molar-refractivity contribution >= 4 is 5.91 Å². The number of ether oxygens (including phenoxy) is 1. The Morgan fingerprint density at radius 3 is 3.11 bits per heavy atom. The Kier molecular flexibility index (Phi) is 4.33. The minimum absolute atomic E-state index is 0.175. The van der Waals surface area contributed by atoms with Crippen LogP contribution in [0.1, 0.15) is 34.6 Å². The zero-order valence-corrected chi connectivity index (χ0v) is 10.5. The summed E-state index contributed by atoms with van der Waals surface area (Å²) in [5.74, 6) is -0.232. The van der Waals surface area contributed by atoms with Gasteiger partial charge in [0, 0.05) is 24.9 Å². The topological polar surface area (TPSA) is 87.2 Å². The van der Waals surface area contributed by atoms with Crippen LogP contribution in [0.25, 0.3) is 0 Å². The molecule has 1 atom stereocenters. The number of aromatic amines is 1. The van der Waals surface area contributed by atoms with Crippen molar-refractivity contribution in [2.24, 2.45) is 0 Å². The van der Waals surface area contributed by atoms with Gasteiger partial charge in [-0.05, 0) is 25.7 Å². The molecule has 18 heavy (non-hydrogen) atoms. The van der Waals surface area contributed by atoms with Crippen LogP contribution in [-0.4, -0.2) is 47.6 Å². The van der Waals surface area contributed by atoms with Crippen LogP contribution in [0.3, 0.4) is 0 Å². The predicted octanol–water partition coefficient (Wildman–Crippen LogP) is 0.0256. The maximum atomic E-state index is 11.9. The first-order valence-electron chi connectivity index (χ1n) is 6.23. The van der Waals surface area contributed by atoms with Gasteiger partial charge in [-0.15, -0.1) is 0 Å². The molecule has 0 aromatic carbocycles. The van der Waals surface area contributed by atoms with Gasteiger partial charge in [0.15, 0.2) is 5.69 Å². The zero-order valence-electron chi connectivity index (χ0n) is 10.5. The lowest BCUT2D eigenvalue weighted by Gasteiger charge is -2.12. The molecular weight excluding hydrogens is 234 g/mol. The highest BCUT2D eigenvalue weighted by molar-refractivity contribution is 5.94. The number of nitrogens with zero attached hydrogens (tertiary/aromatic N) is 1. The Balaban J connectivity index is 1.95. The maximum Gasteiger partial charge on any atom is 0.272 e. The van der Waals surface area contributed by atoms with E-state index in [-0.39, 0.29) is 19.1 Å². The number of aromatic nitrogens is 2. The smallest absolute Gasteiger partial charge is 0.272 e. The summed E-state index contributed by atoms with van der Waals surface area (Å²) in [6.45, 7) is 0.382. The summed E-state index contributed by atoms with van der Waals surface area (Å²) >= 11 is 0. The zero-order chi connectivity index (χ0) is 13.0. The summed E-state index contributed by atoms with van der Waals surface area (Å²) in [7, 11) is 1.51. The van der Waals surface area contributed by atoms with Gasteiger partial charge < -0.3 is 15.2 Å². The molecule has 0 radical (unpaired) electrons. The van der Waals surface area contributed by atoms with E-state index < -0.39 is 6.10 Å². The first-order valence-corrected chi connectivity index (χ1v) is 6.23. The fourth-order valence-electron chi connectivity index (χ4n) is 2.21. The van der Waals surface area contributed by atoms with Gasteiger partial charge in [-0.3, -0.25) is 9.89 Å². The second-order valence-corrected chi connectivity index (χ2v) is 4.56. The molecule has 0 spiro atoms. The SMILES string of the molecule is COCC(O)CNC(=O)c1n[nH]c2c1CCCC2. The van der Waals surface area contributed by atoms with Gasteiger partial charge in [-0.25, -0.2) is 0 Å². The normalized spacial score (nSPS) is 16.1. The third-order valence-electron chi connectivity index (χ3n) is 3.13. The average Bonchev–Trinajstić information content (AvgIpc) is 2.80. The summed E-state index contributed by atoms with van der Waals surface area (Å²) in [5.41, 5.74) is 2.57. The van der Waals surface area contributed by atoms with Crippen molar-refractivity contribution < 1.29 is 14.6 Å². The molecule has 1 amide bonds. The van der Waals surface area contributed by atoms with Gasteiger partial charge in [-0.2, -0.15) is 5.10 Å². The Bertz CT molecular complexity index is 417. The van der Waals surface area contributed by atoms with E-state index in [2.05, 4.69) is 15.5 Å². The van der Waals surface area contributed by atoms with Gasteiger partial charge in [-0.1, -0.05) is 0 Å². The molecule has 100 valence electrons. The third-order valence-corrected chi connectivity index (χ3v) is 3.13. The monoisotopic (exact) mass is 253 g/mol. The molecule has 0 fully saturated rings. The number of hydrogen-bond donors (Lipinski definition) is 3. The number of H-pyrrole nitrogens is 1. The van der Waals surface area contributed by atoms with E-state index in [4.69, 9.17) is 4.74 Å². The van der Waals surface area contributed by atoms with E-state index >= 15 is 0 Å². The van der Waals surface area contributed by atoms with Crippen LogP contribution in [0.4, 0.5) is 0 Å². The lowest BCUT2D eigenvalue weighted by molar-refractivity contribution is 0.0608. The van der Waals surface area contributed by atoms with Gasteiger partial charge in [0.25, 0.3) is 5.91 Å². The number of carbonyl (C=O) groups excluding carboxylic acids is 1. The van der Waals surface area contributed by atoms with Crippen LogP contribution < -0.4 is 5.32 Å². The molecular formula is C12H19N3O3. The standard InChI is InChI=1S/C12H19N3O3/c1-18-7-8(16)6-13-12(17)11-9-4-2-3-5-10(9)14-15-11/h8,16H,2-7H2,1H3,(H,13,17)(H,14,15). The van der Waals surface area contributed by atoms with E-state index in [1.165, 1.54) is 7.11 Å². The number of nitrogens with one attached hydrogen (secondary N) is 2. The molecule has 2 rings (SSSR count). The van der Waals surface area contributed by atoms with Crippen molar-refractivity contribution in [2.75, 3.05) is 20.3 Å². The Labute approximate surface area is 106 Å². The lowest BCUT2D eigenvalue weighted by Crippen LogP contribution is -2.35. The van der Waals surface area contributed by atoms with Gasteiger partial charge >= 0.3 is 0 Å². The number of aryl methyl sites for hydroxylation is 1. The molecule has 1 unspecified atom stereocenters. The number of fused-ring (bicyclic) bond motifs is 1. The average molecular weight is 253 g/mol. The van der Waals surface area contributed by atoms with Crippen LogP contribution in [0.2, 0.25) is 0 Å². The van der Waals surface area contributed by atoms with Crippen molar-refractivity contribution in [3.8, 4) is 0 Å². The Morgan fingerprint density at radius 2 is 2.33 bits per heavy atom. The van der Waals surface area contributed by atoms with Gasteiger partial charge in [0.1, 0.15) is 0 Å². The maximum absolute atomic E-state index is 11.9. The van der Waals surface area contributed by atoms with Crippen LogP contribution in [0, 0.1) is 0 Å². The number of aliphatic hydroxyl groups is 1. The highest BCUT2D eigenvalue weighted by Crippen LogP contribution is 2.21. The summed E-state index contributed by atoms with van der Waals surface area (Å²) in [5, 5.41) is 19.1. The molecule has 0 aliphatic heterocycles. The molecule has 1 heterocycles. The number of carbonyl (C=O) groups is 1. The minimum atomic E-state index is -0.686. The molecule has 0 saturated heterocycles. The second kappa shape index (κ2) is 5.97. The molecule has 3 N–H and O–H groups in total. The third kappa shape index (κ3) is 2.88. The fourth-order valence-corrected chi connectivity index (χ4v) is 2.21. The number of rotatable bonds is 5. The highest BCUT2D eigenvalue weighted by Gasteiger charge is 2.21. The lowest BCUT2D eigenvalue weighted by atomic mass is 9.96. The number of amides is 1. The summed E-state index contributed by atoms with van der Waals surface area (Å²) < 4.78 is 4.79. The summed E-state index contributed by atoms with van der Waals surface area (Å²) in [4.78, 5) is 11.9. The molecule has 6 nitrogen and oxygen atoms in total. The summed E-state index contributed by atoms with van der Waals surface area (Å²) in [6.07, 6.45) is 3.41. The highest BCUT2D eigenvalue weighted by atomic mass is 16.5. The van der Waals surface area contributed by atoms with Crippen molar-refractivity contribution in [3.05, 3.63) is 17.0 Å². The van der Waals surface area contributed by atoms with Crippen molar-refractivity contribution in [1.82, 2.24) is 15.5 Å². The molecule has 1 aromatic rings. The number of hydrogen-bond acceptors (Lipinski definition) is 4. The fraction of sp³-hybridized carbons (Fsp3) is 0.667. The predicted molar refractivity (Wildman–Crippen MR) is 65.4 cm³/mol. The molecule has 0 saturated carbocycles. The molecule has 1 aliphatic carbocycles. The number of methoxy groups -OCH3 is 1. The first kappa shape index (κ1) is 13.0. The van der Waals surface area contributed by atoms with E-state index in [0.717, 1.165) is 36.9 Å². The number of aliphatic hydroxyl groups excluding tert-OH is 1. The molecule has 6 heteroatoms. The summed E-state index contributed by atoms with van der Waals surface area (Å²) in [6, 6.07) is 0. The second-order valence-electron chi connectivity index (χ2n) is 4.56. The molecule has 1 aromatic heterocycles. The van der Waals surface area contributed by atoms with E-state index in [9.17, 15) is 9.90 Å². The van der Waals surface area contributed by atoms with Crippen molar-refractivity contribution in [2.45, 2.75) is 31.8 Å². The van der Waals surface area contributed by atoms with E-state index in [1.54, 1.807) is 0 Å². The van der Waals surface area contributed by atoms with Gasteiger partial charge in [0.05, 0.1) is 12.7 Å². The molecule has 0 bridgehead atoms. The van der Waals surface area contributed by atoms with Crippen molar-refractivity contribution in [3.63, 3.8) is 0 Å². The van der Waals surface area contributed by atoms with Crippen LogP contribution in [0.15, 0.2) is 0 Å². The molecule has 1 aliphatic rings. The Morgan fingerprint density at radius 1 is 1.56 bits per heavy atom. The van der Waals surface area contributed by atoms with Crippen LogP contribution in [-0.2, 0) is 17.6 Å². The quantitative estimate of drug-likeness (QED) is 0.690. The van der Waals surface area contributed by atoms with Crippen LogP contribution in [0.5, 0.6) is 0 Å². The largest absolute Gasteiger partial charge is 0.389 e. The van der Waals surface area contributed by atoms with Crippen molar-refractivity contribution in [1.29, 1.82) is 0 Å². The van der Waals surface area contributed by atoms with E-state index in [1.807, 2.05) is 0 Å². The Hall–Kier alpha value is -1.40. The minimum Gasteiger partial charge on any atom is -0.389 e.